The van der Waals surface area contributed by atoms with Gasteiger partial charge < -0.3 is 18.5 Å². The van der Waals surface area contributed by atoms with Gasteiger partial charge in [0.2, 0.25) is 0 Å². The fourth-order valence-corrected chi connectivity index (χ4v) is 4.00. The molecule has 0 aromatic heterocycles. The van der Waals surface area contributed by atoms with Crippen molar-refractivity contribution in [1.29, 1.82) is 5.26 Å². The van der Waals surface area contributed by atoms with E-state index in [2.05, 4.69) is 19.9 Å². The fourth-order valence-electron chi connectivity index (χ4n) is 2.78. The van der Waals surface area contributed by atoms with Crippen LogP contribution in [0.1, 0.15) is 70.8 Å². The third-order valence-electron chi connectivity index (χ3n) is 4.47. The molecule has 0 unspecified atom stereocenters. The summed E-state index contributed by atoms with van der Waals surface area (Å²) in [5.41, 5.74) is 0.349. The zero-order valence-corrected chi connectivity index (χ0v) is 18.6. The van der Waals surface area contributed by atoms with Gasteiger partial charge in [0.1, 0.15) is 22.9 Å². The van der Waals surface area contributed by atoms with Crippen LogP contribution in [0.3, 0.4) is 0 Å². The van der Waals surface area contributed by atoms with E-state index < -0.39 is 7.60 Å². The van der Waals surface area contributed by atoms with Gasteiger partial charge in [0, 0.05) is 26.4 Å². The highest BCUT2D eigenvalue weighted by molar-refractivity contribution is 7.62. The maximum absolute atomic E-state index is 13.0. The molecule has 1 rings (SSSR count). The molecular weight excluding hydrogens is 377 g/mol. The third-order valence-corrected chi connectivity index (χ3v) is 6.37. The Morgan fingerprint density at radius 1 is 0.857 bits per heavy atom. The van der Waals surface area contributed by atoms with Crippen molar-refractivity contribution in [1.82, 2.24) is 0 Å². The van der Waals surface area contributed by atoms with E-state index in [-0.39, 0.29) is 5.30 Å². The van der Waals surface area contributed by atoms with E-state index in [1.54, 1.807) is 12.1 Å². The molecule has 1 aromatic rings. The van der Waals surface area contributed by atoms with Gasteiger partial charge in [0.15, 0.2) is 0 Å². The Hall–Kier alpha value is -1.54. The highest BCUT2D eigenvalue weighted by Crippen LogP contribution is 2.49. The summed E-state index contributed by atoms with van der Waals surface area (Å²) in [5.74, 6) is 0.722. The minimum absolute atomic E-state index is 0.288. The van der Waals surface area contributed by atoms with Crippen LogP contribution in [-0.2, 0) is 13.6 Å². The number of hydrogen-bond donors (Lipinski definition) is 0. The first kappa shape index (κ1) is 24.5. The Labute approximate surface area is 169 Å². The van der Waals surface area contributed by atoms with Crippen molar-refractivity contribution in [2.24, 2.45) is 0 Å². The lowest BCUT2D eigenvalue weighted by atomic mass is 10.2. The molecule has 0 aliphatic heterocycles. The Morgan fingerprint density at radius 3 is 1.86 bits per heavy atom. The van der Waals surface area contributed by atoms with Gasteiger partial charge in [-0.2, -0.15) is 5.26 Å². The van der Waals surface area contributed by atoms with E-state index in [4.69, 9.17) is 18.5 Å². The molecule has 158 valence electrons. The first-order chi connectivity index (χ1) is 13.6. The molecule has 0 amide bonds. The van der Waals surface area contributed by atoms with E-state index in [1.807, 2.05) is 0 Å². The molecule has 0 N–H and O–H groups in total. The summed E-state index contributed by atoms with van der Waals surface area (Å²) < 4.78 is 35.0. The van der Waals surface area contributed by atoms with Crippen LogP contribution >= 0.6 is 7.60 Å². The smallest absolute Gasteiger partial charge is 0.364 e. The second kappa shape index (κ2) is 13.6. The molecule has 0 saturated heterocycles. The molecule has 7 heteroatoms. The highest BCUT2D eigenvalue weighted by atomic mass is 31.2. The normalized spacial score (nSPS) is 11.2. The lowest BCUT2D eigenvalue weighted by molar-refractivity contribution is 0.279. The number of benzene rings is 1. The Kier molecular flexibility index (Phi) is 11.9. The summed E-state index contributed by atoms with van der Waals surface area (Å²) in [4.78, 5) is 0. The Bertz CT molecular complexity index is 663. The molecule has 6 nitrogen and oxygen atoms in total. The van der Waals surface area contributed by atoms with Gasteiger partial charge in [-0.3, -0.25) is 4.57 Å². The lowest BCUT2D eigenvalue weighted by Crippen LogP contribution is -2.15. The van der Waals surface area contributed by atoms with Gasteiger partial charge in [0.05, 0.1) is 18.8 Å². The monoisotopic (exact) mass is 411 g/mol. The van der Waals surface area contributed by atoms with E-state index in [0.29, 0.717) is 30.3 Å². The number of rotatable bonds is 15. The number of hydrogen-bond acceptors (Lipinski definition) is 6. The topological polar surface area (TPSA) is 77.8 Å². The van der Waals surface area contributed by atoms with Crippen molar-refractivity contribution in [3.05, 3.63) is 17.7 Å². The van der Waals surface area contributed by atoms with Crippen molar-refractivity contribution in [3.63, 3.8) is 0 Å². The van der Waals surface area contributed by atoms with Crippen molar-refractivity contribution in [2.75, 3.05) is 27.4 Å². The van der Waals surface area contributed by atoms with E-state index >= 15 is 0 Å². The molecule has 0 atom stereocenters. The standard InChI is InChI=1S/C21H34NO5P/c1-5-7-9-11-13-26-19-16-21(28(23,24-3)25-4)20(15-18(19)17-22)27-14-12-10-8-6-2/h15-16H,5-14H2,1-4H3. The van der Waals surface area contributed by atoms with Crippen LogP contribution in [0.15, 0.2) is 12.1 Å². The predicted octanol–water partition coefficient (Wildman–Crippen LogP) is 5.59. The van der Waals surface area contributed by atoms with Crippen LogP contribution in [0.4, 0.5) is 0 Å². The largest absolute Gasteiger partial charge is 0.493 e. The van der Waals surface area contributed by atoms with Gasteiger partial charge in [0.25, 0.3) is 0 Å². The number of nitrogens with zero attached hydrogens (tertiary/aromatic N) is 1. The first-order valence-electron chi connectivity index (χ1n) is 10.1. The van der Waals surface area contributed by atoms with Crippen LogP contribution in [0.2, 0.25) is 0 Å². The van der Waals surface area contributed by atoms with E-state index in [1.165, 1.54) is 14.2 Å². The van der Waals surface area contributed by atoms with Crippen LogP contribution in [0.25, 0.3) is 0 Å². The molecule has 0 aliphatic rings. The molecule has 0 bridgehead atoms. The van der Waals surface area contributed by atoms with E-state index in [0.717, 1.165) is 51.4 Å². The van der Waals surface area contributed by atoms with E-state index in [9.17, 15) is 9.83 Å². The summed E-state index contributed by atoms with van der Waals surface area (Å²) in [5, 5.41) is 9.80. The summed E-state index contributed by atoms with van der Waals surface area (Å²) in [6.45, 7) is 5.26. The molecule has 28 heavy (non-hydrogen) atoms. The Balaban J connectivity index is 3.06. The molecule has 0 aliphatic carbocycles. The maximum Gasteiger partial charge on any atom is 0.364 e. The van der Waals surface area contributed by atoms with Gasteiger partial charge in [-0.1, -0.05) is 52.4 Å². The van der Waals surface area contributed by atoms with Crippen molar-refractivity contribution < 1.29 is 23.1 Å². The molecule has 0 saturated carbocycles. The summed E-state index contributed by atoms with van der Waals surface area (Å²) in [6.07, 6.45) is 8.47. The Morgan fingerprint density at radius 2 is 1.39 bits per heavy atom. The third kappa shape index (κ3) is 7.47. The van der Waals surface area contributed by atoms with Crippen LogP contribution in [-0.4, -0.2) is 27.4 Å². The summed E-state index contributed by atoms with van der Waals surface area (Å²) in [7, 11) is -0.890. The predicted molar refractivity (Wildman–Crippen MR) is 112 cm³/mol. The lowest BCUT2D eigenvalue weighted by Gasteiger charge is -2.20. The number of ether oxygens (including phenoxy) is 2. The summed E-state index contributed by atoms with van der Waals surface area (Å²) >= 11 is 0. The minimum Gasteiger partial charge on any atom is -0.493 e. The SMILES string of the molecule is CCCCCCOc1cc(P(=O)(OC)OC)c(OCCCCCC)cc1C#N. The molecular formula is C21H34NO5P. The molecule has 1 aromatic carbocycles. The van der Waals surface area contributed by atoms with Crippen molar-refractivity contribution in [3.8, 4) is 17.6 Å². The van der Waals surface area contributed by atoms with Gasteiger partial charge >= 0.3 is 7.60 Å². The quantitative estimate of drug-likeness (QED) is 0.277. The summed E-state index contributed by atoms with van der Waals surface area (Å²) in [6, 6.07) is 5.27. The highest BCUT2D eigenvalue weighted by Gasteiger charge is 2.31. The first-order valence-corrected chi connectivity index (χ1v) is 11.7. The average Bonchev–Trinajstić information content (AvgIpc) is 2.73. The number of unbranched alkanes of at least 4 members (excludes halogenated alkanes) is 6. The number of nitriles is 1. The maximum atomic E-state index is 13.0. The zero-order chi connectivity index (χ0) is 20.8. The van der Waals surface area contributed by atoms with Crippen LogP contribution in [0, 0.1) is 11.3 Å². The zero-order valence-electron chi connectivity index (χ0n) is 17.7. The van der Waals surface area contributed by atoms with Gasteiger partial charge in [-0.05, 0) is 12.8 Å². The molecule has 0 fully saturated rings. The van der Waals surface area contributed by atoms with Crippen molar-refractivity contribution in [2.45, 2.75) is 65.2 Å². The van der Waals surface area contributed by atoms with Gasteiger partial charge in [-0.15, -0.1) is 0 Å². The van der Waals surface area contributed by atoms with Crippen LogP contribution in [0.5, 0.6) is 11.5 Å². The molecule has 0 spiro atoms. The fraction of sp³-hybridized carbons (Fsp3) is 0.667. The average molecular weight is 411 g/mol. The van der Waals surface area contributed by atoms with Gasteiger partial charge in [-0.25, -0.2) is 0 Å². The molecule has 0 radical (unpaired) electrons. The minimum atomic E-state index is -3.55. The second-order valence-electron chi connectivity index (χ2n) is 6.61. The van der Waals surface area contributed by atoms with Crippen molar-refractivity contribution >= 4 is 12.9 Å². The van der Waals surface area contributed by atoms with Crippen LogP contribution < -0.4 is 14.8 Å². The second-order valence-corrected chi connectivity index (χ2v) is 8.82. The molecule has 0 heterocycles.